The van der Waals surface area contributed by atoms with Gasteiger partial charge >= 0.3 is 0 Å². The first-order chi connectivity index (χ1) is 9.90. The molecule has 1 aromatic heterocycles. The van der Waals surface area contributed by atoms with Crippen molar-refractivity contribution in [1.29, 1.82) is 0 Å². The average molecular weight is 289 g/mol. The summed E-state index contributed by atoms with van der Waals surface area (Å²) in [5.74, 6) is 1.29. The third-order valence-electron chi connectivity index (χ3n) is 4.65. The highest BCUT2D eigenvalue weighted by molar-refractivity contribution is 5.76. The van der Waals surface area contributed by atoms with Crippen molar-refractivity contribution in [3.8, 4) is 0 Å². The van der Waals surface area contributed by atoms with Gasteiger partial charge in [0, 0.05) is 12.1 Å². The lowest BCUT2D eigenvalue weighted by molar-refractivity contribution is 0.220. The molecule has 0 saturated heterocycles. The third kappa shape index (κ3) is 2.46. The molecule has 1 saturated carbocycles. The second-order valence-electron chi connectivity index (χ2n) is 6.89. The van der Waals surface area contributed by atoms with E-state index in [4.69, 9.17) is 10.7 Å². The van der Waals surface area contributed by atoms with Crippen LogP contribution in [0, 0.1) is 11.7 Å². The lowest BCUT2D eigenvalue weighted by atomic mass is 9.76. The maximum Gasteiger partial charge on any atom is 0.130 e. The molecule has 2 unspecified atom stereocenters. The van der Waals surface area contributed by atoms with Gasteiger partial charge in [-0.2, -0.15) is 0 Å². The van der Waals surface area contributed by atoms with Crippen LogP contribution in [0.1, 0.15) is 58.3 Å². The highest BCUT2D eigenvalue weighted by atomic mass is 19.1. The van der Waals surface area contributed by atoms with Crippen molar-refractivity contribution < 1.29 is 4.39 Å². The average Bonchev–Trinajstić information content (AvgIpc) is 2.77. The molecule has 1 heterocycles. The molecule has 1 aliphatic carbocycles. The number of imidazole rings is 1. The van der Waals surface area contributed by atoms with Crippen molar-refractivity contribution in [2.45, 2.75) is 58.0 Å². The highest BCUT2D eigenvalue weighted by Gasteiger charge is 2.37. The second kappa shape index (κ2) is 5.09. The summed E-state index contributed by atoms with van der Waals surface area (Å²) in [5, 5.41) is 0. The van der Waals surface area contributed by atoms with E-state index in [1.165, 1.54) is 18.6 Å². The lowest BCUT2D eigenvalue weighted by Gasteiger charge is -2.37. The maximum atomic E-state index is 13.5. The van der Waals surface area contributed by atoms with Gasteiger partial charge in [-0.15, -0.1) is 0 Å². The van der Waals surface area contributed by atoms with Gasteiger partial charge in [0.05, 0.1) is 16.6 Å². The number of halogens is 1. The smallest absolute Gasteiger partial charge is 0.130 e. The molecular weight excluding hydrogens is 265 g/mol. The molecule has 1 aliphatic rings. The maximum absolute atomic E-state index is 13.5. The zero-order valence-electron chi connectivity index (χ0n) is 13.1. The van der Waals surface area contributed by atoms with Crippen LogP contribution in [0.25, 0.3) is 11.0 Å². The summed E-state index contributed by atoms with van der Waals surface area (Å²) < 4.78 is 15.7. The van der Waals surface area contributed by atoms with Gasteiger partial charge in [0.1, 0.15) is 11.6 Å². The molecule has 1 aromatic carbocycles. The highest BCUT2D eigenvalue weighted by Crippen LogP contribution is 2.39. The summed E-state index contributed by atoms with van der Waals surface area (Å²) in [5.41, 5.74) is 8.03. The molecule has 0 radical (unpaired) electrons. The Morgan fingerprint density at radius 3 is 2.86 bits per heavy atom. The van der Waals surface area contributed by atoms with Gasteiger partial charge in [-0.05, 0) is 44.7 Å². The van der Waals surface area contributed by atoms with Crippen LogP contribution < -0.4 is 5.73 Å². The van der Waals surface area contributed by atoms with E-state index in [0.717, 1.165) is 30.6 Å². The minimum Gasteiger partial charge on any atom is -0.324 e. The zero-order chi connectivity index (χ0) is 15.2. The van der Waals surface area contributed by atoms with E-state index in [9.17, 15) is 4.39 Å². The molecule has 0 amide bonds. The normalized spacial score (nSPS) is 26.7. The van der Waals surface area contributed by atoms with Crippen LogP contribution in [-0.2, 0) is 5.54 Å². The summed E-state index contributed by atoms with van der Waals surface area (Å²) >= 11 is 0. The van der Waals surface area contributed by atoms with Crippen LogP contribution >= 0.6 is 0 Å². The van der Waals surface area contributed by atoms with Crippen LogP contribution in [-0.4, -0.2) is 9.55 Å². The first-order valence-corrected chi connectivity index (χ1v) is 7.87. The zero-order valence-corrected chi connectivity index (χ0v) is 13.1. The van der Waals surface area contributed by atoms with Crippen LogP contribution in [0.3, 0.4) is 0 Å². The monoisotopic (exact) mass is 289 g/mol. The van der Waals surface area contributed by atoms with Crippen molar-refractivity contribution in [2.75, 3.05) is 0 Å². The number of rotatable bonds is 2. The van der Waals surface area contributed by atoms with Gasteiger partial charge in [0.15, 0.2) is 0 Å². The lowest BCUT2D eigenvalue weighted by Crippen LogP contribution is -2.43. The van der Waals surface area contributed by atoms with Crippen LogP contribution in [0.5, 0.6) is 0 Å². The van der Waals surface area contributed by atoms with Crippen LogP contribution in [0.4, 0.5) is 4.39 Å². The molecule has 0 aliphatic heterocycles. The number of hydrogen-bond donors (Lipinski definition) is 1. The van der Waals surface area contributed by atoms with Crippen LogP contribution in [0.2, 0.25) is 0 Å². The standard InChI is InChI=1S/C17H24FN3/c1-11(2)21-15-7-6-13(18)9-14(15)20-16(21)17(19)8-4-5-12(3)10-17/h6-7,9,11-12H,4-5,8,10,19H2,1-3H3. The van der Waals surface area contributed by atoms with E-state index < -0.39 is 5.54 Å². The number of hydrogen-bond acceptors (Lipinski definition) is 2. The van der Waals surface area contributed by atoms with E-state index in [2.05, 4.69) is 25.3 Å². The molecule has 3 rings (SSSR count). The number of aromatic nitrogens is 2. The minimum atomic E-state index is -0.391. The number of nitrogens with zero attached hydrogens (tertiary/aromatic N) is 2. The molecule has 0 bridgehead atoms. The topological polar surface area (TPSA) is 43.8 Å². The van der Waals surface area contributed by atoms with Gasteiger partial charge in [0.25, 0.3) is 0 Å². The Kier molecular flexibility index (Phi) is 3.52. The third-order valence-corrected chi connectivity index (χ3v) is 4.65. The Balaban J connectivity index is 2.19. The molecule has 2 aromatic rings. The Bertz CT molecular complexity index is 661. The Morgan fingerprint density at radius 2 is 2.19 bits per heavy atom. The van der Waals surface area contributed by atoms with Crippen LogP contribution in [0.15, 0.2) is 18.2 Å². The second-order valence-corrected chi connectivity index (χ2v) is 6.89. The van der Waals surface area contributed by atoms with Gasteiger partial charge in [-0.1, -0.05) is 19.8 Å². The van der Waals surface area contributed by atoms with E-state index in [1.54, 1.807) is 0 Å². The molecule has 21 heavy (non-hydrogen) atoms. The minimum absolute atomic E-state index is 0.245. The molecule has 2 N–H and O–H groups in total. The molecule has 4 heteroatoms. The van der Waals surface area contributed by atoms with E-state index in [1.807, 2.05) is 6.07 Å². The fraction of sp³-hybridized carbons (Fsp3) is 0.588. The Labute approximate surface area is 125 Å². The van der Waals surface area contributed by atoms with E-state index >= 15 is 0 Å². The number of nitrogens with two attached hydrogens (primary N) is 1. The first kappa shape index (κ1) is 14.5. The summed E-state index contributed by atoms with van der Waals surface area (Å²) in [7, 11) is 0. The van der Waals surface area contributed by atoms with E-state index in [0.29, 0.717) is 11.4 Å². The van der Waals surface area contributed by atoms with E-state index in [-0.39, 0.29) is 11.9 Å². The number of fused-ring (bicyclic) bond motifs is 1. The molecule has 3 nitrogen and oxygen atoms in total. The molecule has 1 fully saturated rings. The fourth-order valence-electron chi connectivity index (χ4n) is 3.74. The Morgan fingerprint density at radius 1 is 1.43 bits per heavy atom. The molecule has 2 atom stereocenters. The summed E-state index contributed by atoms with van der Waals surface area (Å²) in [4.78, 5) is 4.72. The number of benzene rings is 1. The molecule has 0 spiro atoms. The van der Waals surface area contributed by atoms with Gasteiger partial charge in [-0.3, -0.25) is 0 Å². The molecule has 114 valence electrons. The van der Waals surface area contributed by atoms with Gasteiger partial charge < -0.3 is 10.3 Å². The van der Waals surface area contributed by atoms with Crippen molar-refractivity contribution in [1.82, 2.24) is 9.55 Å². The van der Waals surface area contributed by atoms with Crippen molar-refractivity contribution in [2.24, 2.45) is 11.7 Å². The fourth-order valence-corrected chi connectivity index (χ4v) is 3.74. The largest absolute Gasteiger partial charge is 0.324 e. The quantitative estimate of drug-likeness (QED) is 0.903. The predicted molar refractivity (Wildman–Crippen MR) is 83.6 cm³/mol. The molecular formula is C17H24FN3. The summed E-state index contributed by atoms with van der Waals surface area (Å²) in [6.45, 7) is 6.51. The van der Waals surface area contributed by atoms with Gasteiger partial charge in [-0.25, -0.2) is 9.37 Å². The SMILES string of the molecule is CC1CCCC(N)(c2nc3cc(F)ccc3n2C(C)C)C1. The predicted octanol–water partition coefficient (Wildman–Crippen LogP) is 4.12. The van der Waals surface area contributed by atoms with Crippen molar-refractivity contribution in [3.05, 3.63) is 29.8 Å². The first-order valence-electron chi connectivity index (χ1n) is 7.87. The van der Waals surface area contributed by atoms with Gasteiger partial charge in [0.2, 0.25) is 0 Å². The van der Waals surface area contributed by atoms with Crippen molar-refractivity contribution in [3.63, 3.8) is 0 Å². The summed E-state index contributed by atoms with van der Waals surface area (Å²) in [6.07, 6.45) is 4.27. The summed E-state index contributed by atoms with van der Waals surface area (Å²) in [6, 6.07) is 5.08. The Hall–Kier alpha value is -1.42. The van der Waals surface area contributed by atoms with Crippen molar-refractivity contribution >= 4 is 11.0 Å².